The Labute approximate surface area is 106 Å². The Hall–Kier alpha value is -1.71. The van der Waals surface area contributed by atoms with Gasteiger partial charge < -0.3 is 4.74 Å². The third-order valence-corrected chi connectivity index (χ3v) is 4.00. The number of rotatable bonds is 1. The number of fused-ring (bicyclic) bond motifs is 1. The number of methoxy groups -OCH3 is 1. The fourth-order valence-electron chi connectivity index (χ4n) is 3.16. The van der Waals surface area contributed by atoms with Gasteiger partial charge in [-0.1, -0.05) is 18.6 Å². The normalized spacial score (nSPS) is 34.9. The summed E-state index contributed by atoms with van der Waals surface area (Å²) in [4.78, 5) is 36.4. The molecular weight excluding hydrogens is 232 g/mol. The summed E-state index contributed by atoms with van der Waals surface area (Å²) in [5.74, 6) is -2.05. The van der Waals surface area contributed by atoms with Crippen molar-refractivity contribution in [1.29, 1.82) is 0 Å². The topological polar surface area (TPSA) is 60.4 Å². The third-order valence-electron chi connectivity index (χ3n) is 4.00. The maximum atomic E-state index is 12.2. The van der Waals surface area contributed by atoms with Crippen LogP contribution in [0.2, 0.25) is 0 Å². The van der Waals surface area contributed by atoms with Crippen molar-refractivity contribution >= 4 is 17.5 Å². The van der Waals surface area contributed by atoms with Crippen molar-refractivity contribution < 1.29 is 19.1 Å². The van der Waals surface area contributed by atoms with Crippen molar-refractivity contribution in [2.24, 2.45) is 17.3 Å². The lowest BCUT2D eigenvalue weighted by Gasteiger charge is -2.43. The van der Waals surface area contributed by atoms with Gasteiger partial charge in [0.05, 0.1) is 7.11 Å². The van der Waals surface area contributed by atoms with Crippen molar-refractivity contribution in [3.05, 3.63) is 23.8 Å². The second kappa shape index (κ2) is 4.19. The highest BCUT2D eigenvalue weighted by Crippen LogP contribution is 2.48. The third kappa shape index (κ3) is 1.48. The van der Waals surface area contributed by atoms with E-state index in [-0.39, 0.29) is 17.5 Å². The minimum absolute atomic E-state index is 0.167. The number of hydrogen-bond acceptors (Lipinski definition) is 4. The molecule has 0 saturated carbocycles. The highest BCUT2D eigenvalue weighted by Gasteiger charge is 2.60. The van der Waals surface area contributed by atoms with Crippen LogP contribution >= 0.6 is 0 Å². The van der Waals surface area contributed by atoms with Gasteiger partial charge in [0.15, 0.2) is 11.6 Å². The van der Waals surface area contributed by atoms with Gasteiger partial charge in [0.25, 0.3) is 0 Å². The standard InChI is InChI=1S/C14H16O4/c1-8-6-9(2)14(13(17)18-3)10(7-8)11(15)4-5-12(14)16/h4-6,9-10H,7H2,1-3H3/t9-,10-,14+/m1/s1. The first-order valence-electron chi connectivity index (χ1n) is 5.96. The van der Waals surface area contributed by atoms with Gasteiger partial charge in [-0.25, -0.2) is 0 Å². The van der Waals surface area contributed by atoms with E-state index in [0.717, 1.165) is 5.57 Å². The lowest BCUT2D eigenvalue weighted by molar-refractivity contribution is -0.167. The Morgan fingerprint density at radius 1 is 1.39 bits per heavy atom. The molecule has 0 aliphatic heterocycles. The first-order chi connectivity index (χ1) is 8.44. The number of ether oxygens (including phenoxy) is 1. The van der Waals surface area contributed by atoms with Crippen LogP contribution in [0, 0.1) is 17.3 Å². The van der Waals surface area contributed by atoms with Gasteiger partial charge in [-0.2, -0.15) is 0 Å². The molecule has 96 valence electrons. The molecule has 0 spiro atoms. The molecule has 3 atom stereocenters. The highest BCUT2D eigenvalue weighted by molar-refractivity contribution is 6.19. The Kier molecular flexibility index (Phi) is 2.97. The van der Waals surface area contributed by atoms with Crippen molar-refractivity contribution in [1.82, 2.24) is 0 Å². The Balaban J connectivity index is 2.65. The first-order valence-corrected chi connectivity index (χ1v) is 5.96. The number of ketones is 2. The van der Waals surface area contributed by atoms with Crippen LogP contribution in [0.25, 0.3) is 0 Å². The zero-order valence-corrected chi connectivity index (χ0v) is 10.7. The van der Waals surface area contributed by atoms with Crippen molar-refractivity contribution in [2.75, 3.05) is 7.11 Å². The molecule has 0 N–H and O–H groups in total. The molecule has 0 unspecified atom stereocenters. The number of carbonyl (C=O) groups is 3. The lowest BCUT2D eigenvalue weighted by atomic mass is 9.56. The zero-order valence-electron chi connectivity index (χ0n) is 10.7. The molecular formula is C14H16O4. The van der Waals surface area contributed by atoms with Crippen molar-refractivity contribution in [3.63, 3.8) is 0 Å². The van der Waals surface area contributed by atoms with E-state index in [9.17, 15) is 14.4 Å². The lowest BCUT2D eigenvalue weighted by Crippen LogP contribution is -2.55. The van der Waals surface area contributed by atoms with Gasteiger partial charge >= 0.3 is 5.97 Å². The summed E-state index contributed by atoms with van der Waals surface area (Å²) < 4.78 is 4.80. The number of hydrogen-bond donors (Lipinski definition) is 0. The van der Waals surface area contributed by atoms with E-state index in [4.69, 9.17) is 4.74 Å². The molecule has 0 aromatic rings. The maximum Gasteiger partial charge on any atom is 0.321 e. The molecule has 18 heavy (non-hydrogen) atoms. The smallest absolute Gasteiger partial charge is 0.321 e. The molecule has 0 aromatic heterocycles. The summed E-state index contributed by atoms with van der Waals surface area (Å²) in [6, 6.07) is 0. The zero-order chi connectivity index (χ0) is 13.5. The molecule has 0 amide bonds. The van der Waals surface area contributed by atoms with Crippen LogP contribution < -0.4 is 0 Å². The molecule has 0 heterocycles. The fourth-order valence-corrected chi connectivity index (χ4v) is 3.16. The van der Waals surface area contributed by atoms with Gasteiger partial charge in [0.2, 0.25) is 0 Å². The largest absolute Gasteiger partial charge is 0.468 e. The van der Waals surface area contributed by atoms with Gasteiger partial charge in [0, 0.05) is 5.92 Å². The van der Waals surface area contributed by atoms with Gasteiger partial charge in [-0.15, -0.1) is 0 Å². The van der Waals surface area contributed by atoms with E-state index in [1.54, 1.807) is 6.92 Å². The van der Waals surface area contributed by atoms with Crippen molar-refractivity contribution in [2.45, 2.75) is 20.3 Å². The van der Waals surface area contributed by atoms with E-state index in [0.29, 0.717) is 6.42 Å². The number of esters is 1. The molecule has 2 aliphatic rings. The van der Waals surface area contributed by atoms with Crippen LogP contribution in [0.3, 0.4) is 0 Å². The predicted molar refractivity (Wildman–Crippen MR) is 64.6 cm³/mol. The summed E-state index contributed by atoms with van der Waals surface area (Å²) in [6.07, 6.45) is 4.81. The second-order valence-corrected chi connectivity index (χ2v) is 5.02. The number of carbonyl (C=O) groups excluding carboxylic acids is 3. The summed E-state index contributed by atoms with van der Waals surface area (Å²) >= 11 is 0. The molecule has 0 aromatic carbocycles. The van der Waals surface area contributed by atoms with Gasteiger partial charge in [0.1, 0.15) is 5.41 Å². The van der Waals surface area contributed by atoms with Crippen LogP contribution in [0.5, 0.6) is 0 Å². The summed E-state index contributed by atoms with van der Waals surface area (Å²) in [7, 11) is 1.25. The van der Waals surface area contributed by atoms with E-state index in [1.807, 2.05) is 13.0 Å². The SMILES string of the molecule is COC(=O)[C@]12C(=O)C=CC(=O)[C@H]1CC(C)=C[C@H]2C. The molecule has 2 rings (SSSR count). The molecule has 4 heteroatoms. The minimum Gasteiger partial charge on any atom is -0.468 e. The summed E-state index contributed by atoms with van der Waals surface area (Å²) in [5.41, 5.74) is -0.330. The Morgan fingerprint density at radius 2 is 2.06 bits per heavy atom. The van der Waals surface area contributed by atoms with Gasteiger partial charge in [-0.05, 0) is 31.4 Å². The maximum absolute atomic E-state index is 12.2. The summed E-state index contributed by atoms with van der Waals surface area (Å²) in [5, 5.41) is 0. The molecule has 0 radical (unpaired) electrons. The van der Waals surface area contributed by atoms with Crippen LogP contribution in [-0.4, -0.2) is 24.6 Å². The van der Waals surface area contributed by atoms with Crippen LogP contribution in [-0.2, 0) is 19.1 Å². The van der Waals surface area contributed by atoms with E-state index in [2.05, 4.69) is 0 Å². The highest BCUT2D eigenvalue weighted by atomic mass is 16.5. The average Bonchev–Trinajstić information content (AvgIpc) is 2.33. The van der Waals surface area contributed by atoms with Crippen LogP contribution in [0.4, 0.5) is 0 Å². The van der Waals surface area contributed by atoms with Crippen LogP contribution in [0.15, 0.2) is 23.8 Å². The molecule has 0 bridgehead atoms. The summed E-state index contributed by atoms with van der Waals surface area (Å²) in [6.45, 7) is 3.70. The fraction of sp³-hybridized carbons (Fsp3) is 0.500. The molecule has 4 nitrogen and oxygen atoms in total. The Morgan fingerprint density at radius 3 is 2.67 bits per heavy atom. The predicted octanol–water partition coefficient (Wildman–Crippen LogP) is 1.46. The monoisotopic (exact) mass is 248 g/mol. The van der Waals surface area contributed by atoms with Crippen molar-refractivity contribution in [3.8, 4) is 0 Å². The molecule has 0 fully saturated rings. The average molecular weight is 248 g/mol. The molecule has 2 aliphatic carbocycles. The van der Waals surface area contributed by atoms with E-state index in [1.165, 1.54) is 19.3 Å². The van der Waals surface area contributed by atoms with E-state index < -0.39 is 17.3 Å². The quantitative estimate of drug-likeness (QED) is 0.400. The minimum atomic E-state index is -1.36. The van der Waals surface area contributed by atoms with Crippen LogP contribution in [0.1, 0.15) is 20.3 Å². The Bertz CT molecular complexity index is 486. The second-order valence-electron chi connectivity index (χ2n) is 5.02. The number of allylic oxidation sites excluding steroid dienone is 4. The molecule has 0 saturated heterocycles. The van der Waals surface area contributed by atoms with E-state index >= 15 is 0 Å². The first kappa shape index (κ1) is 12.7. The van der Waals surface area contributed by atoms with Gasteiger partial charge in [-0.3, -0.25) is 14.4 Å².